The zero-order valence-corrected chi connectivity index (χ0v) is 29.5. The van der Waals surface area contributed by atoms with Crippen LogP contribution in [0.25, 0.3) is 11.1 Å². The Morgan fingerprint density at radius 3 is 2.37 bits per heavy atom. The molecule has 1 aliphatic heterocycles. The topological polar surface area (TPSA) is 108 Å². The fraction of sp³-hybridized carbons (Fsp3) is 0.590. The number of methoxy groups -OCH3 is 1. The van der Waals surface area contributed by atoms with Gasteiger partial charge in [-0.15, -0.1) is 0 Å². The lowest BCUT2D eigenvalue weighted by Gasteiger charge is -2.55. The van der Waals surface area contributed by atoms with Crippen molar-refractivity contribution in [2.24, 2.45) is 11.3 Å². The minimum Gasteiger partial charge on any atom is -0.496 e. The maximum Gasteiger partial charge on any atom is 0.407 e. The van der Waals surface area contributed by atoms with Crippen LogP contribution in [0.5, 0.6) is 5.75 Å². The molecule has 1 N–H and O–H groups in total. The highest BCUT2D eigenvalue weighted by molar-refractivity contribution is 5.95. The second kappa shape index (κ2) is 13.8. The van der Waals surface area contributed by atoms with Crippen molar-refractivity contribution < 1.29 is 23.8 Å². The van der Waals surface area contributed by atoms with Crippen LogP contribution in [-0.2, 0) is 19.7 Å². The number of aromatic nitrogens is 3. The van der Waals surface area contributed by atoms with E-state index in [0.29, 0.717) is 51.3 Å². The third-order valence-electron chi connectivity index (χ3n) is 11.9. The van der Waals surface area contributed by atoms with Gasteiger partial charge in [-0.25, -0.2) is 9.78 Å². The Hall–Kier alpha value is -3.92. The van der Waals surface area contributed by atoms with Gasteiger partial charge >= 0.3 is 6.09 Å². The molecule has 262 valence electrons. The van der Waals surface area contributed by atoms with Crippen molar-refractivity contribution in [3.05, 3.63) is 60.0 Å². The molecule has 8 rings (SSSR count). The Balaban J connectivity index is 1.09. The third-order valence-corrected chi connectivity index (χ3v) is 11.9. The number of pyridine rings is 1. The number of hydrogen-bond acceptors (Lipinski definition) is 7. The van der Waals surface area contributed by atoms with E-state index < -0.39 is 0 Å². The summed E-state index contributed by atoms with van der Waals surface area (Å²) in [6.07, 6.45) is 14.6. The lowest BCUT2D eigenvalue weighted by Crippen LogP contribution is -2.52. The molecule has 0 unspecified atom stereocenters. The van der Waals surface area contributed by atoms with Crippen LogP contribution in [0, 0.1) is 18.3 Å². The first-order chi connectivity index (χ1) is 23.7. The zero-order valence-electron chi connectivity index (χ0n) is 29.5. The summed E-state index contributed by atoms with van der Waals surface area (Å²) in [4.78, 5) is 33.8. The molecule has 5 fully saturated rings. The van der Waals surface area contributed by atoms with E-state index in [1.54, 1.807) is 7.11 Å². The van der Waals surface area contributed by atoms with Gasteiger partial charge in [0.15, 0.2) is 0 Å². The number of carbonyl (C=O) groups is 2. The van der Waals surface area contributed by atoms with Gasteiger partial charge in [0.05, 0.1) is 32.6 Å². The Labute approximate surface area is 289 Å². The van der Waals surface area contributed by atoms with Gasteiger partial charge in [-0.1, -0.05) is 12.1 Å². The van der Waals surface area contributed by atoms with Crippen LogP contribution in [0.4, 0.5) is 10.6 Å². The van der Waals surface area contributed by atoms with Crippen LogP contribution in [0.3, 0.4) is 0 Å². The number of hydrogen-bond donors (Lipinski definition) is 1. The number of aryl methyl sites for hydroxylation is 1. The largest absolute Gasteiger partial charge is 0.496 e. The fourth-order valence-corrected chi connectivity index (χ4v) is 8.58. The SMILES string of the molecule is COc1ccc(C23CCC(CN(C(=O)C4CCC(OC(=O)NC5COC5)CC4)c4cc(-c5cnn(C(C)C)c5)ccn4)(CC2)CC3)cc1C. The molecule has 49 heavy (non-hydrogen) atoms. The van der Waals surface area contributed by atoms with Gasteiger partial charge in [-0.2, -0.15) is 5.10 Å². The molecule has 3 aromatic rings. The number of amides is 2. The van der Waals surface area contributed by atoms with Crippen LogP contribution in [0.15, 0.2) is 48.9 Å². The van der Waals surface area contributed by atoms with E-state index in [1.807, 2.05) is 28.0 Å². The molecule has 1 aromatic carbocycles. The van der Waals surface area contributed by atoms with E-state index in [9.17, 15) is 9.59 Å². The van der Waals surface area contributed by atoms with Crippen LogP contribution in [0.2, 0.25) is 0 Å². The summed E-state index contributed by atoms with van der Waals surface area (Å²) < 4.78 is 18.4. The van der Waals surface area contributed by atoms with Gasteiger partial charge in [0.2, 0.25) is 5.91 Å². The number of rotatable bonds is 10. The predicted octanol–water partition coefficient (Wildman–Crippen LogP) is 7.15. The van der Waals surface area contributed by atoms with Crippen LogP contribution >= 0.6 is 0 Å². The normalized spacial score (nSPS) is 26.6. The van der Waals surface area contributed by atoms with E-state index in [1.165, 1.54) is 11.1 Å². The molecule has 2 amide bonds. The molecular formula is C39H51N5O5. The summed E-state index contributed by atoms with van der Waals surface area (Å²) >= 11 is 0. The van der Waals surface area contributed by atoms with Crippen LogP contribution < -0.4 is 15.0 Å². The van der Waals surface area contributed by atoms with Gasteiger partial charge < -0.3 is 19.5 Å². The zero-order chi connectivity index (χ0) is 34.2. The molecule has 4 saturated carbocycles. The molecule has 4 aliphatic carbocycles. The molecule has 2 bridgehead atoms. The molecule has 0 spiro atoms. The summed E-state index contributed by atoms with van der Waals surface area (Å²) in [6, 6.07) is 11.1. The number of anilines is 1. The first kappa shape index (κ1) is 33.6. The average molecular weight is 670 g/mol. The number of nitrogens with zero attached hydrogens (tertiary/aromatic N) is 4. The molecule has 10 heteroatoms. The van der Waals surface area contributed by atoms with Crippen molar-refractivity contribution in [3.63, 3.8) is 0 Å². The van der Waals surface area contributed by atoms with Gasteiger partial charge in [0, 0.05) is 36.5 Å². The summed E-state index contributed by atoms with van der Waals surface area (Å²) in [5, 5.41) is 7.42. The number of nitrogens with one attached hydrogen (secondary N) is 1. The maximum absolute atomic E-state index is 14.6. The van der Waals surface area contributed by atoms with Gasteiger partial charge in [0.25, 0.3) is 0 Å². The summed E-state index contributed by atoms with van der Waals surface area (Å²) in [7, 11) is 1.73. The Morgan fingerprint density at radius 1 is 1.02 bits per heavy atom. The van der Waals surface area contributed by atoms with Gasteiger partial charge in [0.1, 0.15) is 17.7 Å². The number of benzene rings is 1. The number of ether oxygens (including phenoxy) is 3. The summed E-state index contributed by atoms with van der Waals surface area (Å²) in [5.41, 5.74) is 4.89. The fourth-order valence-electron chi connectivity index (χ4n) is 8.58. The average Bonchev–Trinajstić information content (AvgIpc) is 3.61. The highest BCUT2D eigenvalue weighted by atomic mass is 16.6. The molecule has 5 aliphatic rings. The Morgan fingerprint density at radius 2 is 1.76 bits per heavy atom. The molecular weight excluding hydrogens is 618 g/mol. The van der Waals surface area contributed by atoms with Crippen molar-refractivity contribution in [2.45, 2.75) is 109 Å². The first-order valence-electron chi connectivity index (χ1n) is 18.2. The number of carbonyl (C=O) groups excluding carboxylic acids is 2. The van der Waals surface area contributed by atoms with Crippen molar-refractivity contribution in [1.29, 1.82) is 0 Å². The predicted molar refractivity (Wildman–Crippen MR) is 188 cm³/mol. The van der Waals surface area contributed by atoms with E-state index in [0.717, 1.165) is 55.4 Å². The highest BCUT2D eigenvalue weighted by Gasteiger charge is 2.51. The van der Waals surface area contributed by atoms with Gasteiger partial charge in [-0.05, 0) is 131 Å². The standard InChI is InChI=1S/C39H51N5O5/c1-26(2)44-22-30(21-41-44)29-11-18-40-35(20-29)43(36(45)28-5-8-33(9-6-28)49-37(46)42-32-23-48-24-32)25-38-12-15-39(16-13-38,17-14-38)31-7-10-34(47-4)27(3)19-31/h7,10-11,18-22,26,28,32-33H,5-6,8-9,12-17,23-25H2,1-4H3,(H,42,46). The van der Waals surface area contributed by atoms with E-state index >= 15 is 0 Å². The maximum atomic E-state index is 14.6. The van der Waals surface area contributed by atoms with E-state index in [-0.39, 0.29) is 46.9 Å². The molecule has 3 heterocycles. The van der Waals surface area contributed by atoms with Gasteiger partial charge in [-0.3, -0.25) is 14.4 Å². The lowest BCUT2D eigenvalue weighted by atomic mass is 9.51. The smallest absolute Gasteiger partial charge is 0.407 e. The minimum absolute atomic E-state index is 0.0337. The molecule has 10 nitrogen and oxygen atoms in total. The second-order valence-corrected chi connectivity index (χ2v) is 15.4. The number of alkyl carbamates (subject to hydrolysis) is 1. The summed E-state index contributed by atoms with van der Waals surface area (Å²) in [6.45, 7) is 8.10. The van der Waals surface area contributed by atoms with Crippen molar-refractivity contribution in [3.8, 4) is 16.9 Å². The molecule has 0 atom stereocenters. The quantitative estimate of drug-likeness (QED) is 0.244. The van der Waals surface area contributed by atoms with E-state index in [4.69, 9.17) is 19.2 Å². The van der Waals surface area contributed by atoms with Crippen molar-refractivity contribution >= 4 is 17.8 Å². The second-order valence-electron chi connectivity index (χ2n) is 15.4. The molecule has 2 aromatic heterocycles. The minimum atomic E-state index is -0.388. The highest BCUT2D eigenvalue weighted by Crippen LogP contribution is 2.58. The Kier molecular flexibility index (Phi) is 9.43. The van der Waals surface area contributed by atoms with Crippen molar-refractivity contribution in [2.75, 3.05) is 31.8 Å². The lowest BCUT2D eigenvalue weighted by molar-refractivity contribution is -0.124. The van der Waals surface area contributed by atoms with E-state index in [2.05, 4.69) is 61.6 Å². The van der Waals surface area contributed by atoms with Crippen LogP contribution in [0.1, 0.15) is 95.2 Å². The summed E-state index contributed by atoms with van der Waals surface area (Å²) in [5.74, 6) is 1.65. The third kappa shape index (κ3) is 6.94. The molecule has 1 saturated heterocycles. The number of fused-ring (bicyclic) bond motifs is 3. The van der Waals surface area contributed by atoms with Crippen molar-refractivity contribution in [1.82, 2.24) is 20.1 Å². The Bertz CT molecular complexity index is 1630. The van der Waals surface area contributed by atoms with Crippen LogP contribution in [-0.4, -0.2) is 65.8 Å². The molecule has 0 radical (unpaired) electrons. The first-order valence-corrected chi connectivity index (χ1v) is 18.2. The monoisotopic (exact) mass is 669 g/mol.